The smallest absolute Gasteiger partial charge is 0.0619 e. The summed E-state index contributed by atoms with van der Waals surface area (Å²) < 4.78 is 2.47. The molecule has 0 aliphatic heterocycles. The van der Waals surface area contributed by atoms with E-state index in [-0.39, 0.29) is 0 Å². The van der Waals surface area contributed by atoms with Crippen LogP contribution in [0.5, 0.6) is 0 Å². The van der Waals surface area contributed by atoms with Crippen LogP contribution in [0.1, 0.15) is 0 Å². The first kappa shape index (κ1) is 21.6. The summed E-state index contributed by atoms with van der Waals surface area (Å²) in [5.41, 5.74) is 8.44. The van der Waals surface area contributed by atoms with E-state index in [1.807, 2.05) is 0 Å². The lowest BCUT2D eigenvalue weighted by molar-refractivity contribution is 1.19. The van der Waals surface area contributed by atoms with Crippen LogP contribution in [0.3, 0.4) is 0 Å². The molecule has 0 unspecified atom stereocenters. The number of rotatable bonds is 2. The van der Waals surface area contributed by atoms with E-state index < -0.39 is 0 Å². The SMILES string of the molecule is c1cc(-c2cccc3[nH]c4ccccc4c23)cc(-n2c3ccc4ccccc4c3c3ccc4ccccc4c32)c1. The summed E-state index contributed by atoms with van der Waals surface area (Å²) in [4.78, 5) is 3.61. The monoisotopic (exact) mass is 508 g/mol. The zero-order valence-corrected chi connectivity index (χ0v) is 21.7. The van der Waals surface area contributed by atoms with Gasteiger partial charge in [0, 0.05) is 43.7 Å². The van der Waals surface area contributed by atoms with Crippen LogP contribution in [0.25, 0.3) is 82.0 Å². The van der Waals surface area contributed by atoms with Gasteiger partial charge in [-0.25, -0.2) is 0 Å². The molecular formula is C38H24N2. The fourth-order valence-corrected chi connectivity index (χ4v) is 6.77. The van der Waals surface area contributed by atoms with Crippen molar-refractivity contribution in [3.8, 4) is 16.8 Å². The number of para-hydroxylation sites is 1. The molecule has 0 saturated heterocycles. The maximum Gasteiger partial charge on any atom is 0.0619 e. The Morgan fingerprint density at radius 1 is 0.450 bits per heavy atom. The summed E-state index contributed by atoms with van der Waals surface area (Å²) >= 11 is 0. The average Bonchev–Trinajstić information content (AvgIpc) is 3.57. The topological polar surface area (TPSA) is 20.7 Å². The van der Waals surface area contributed by atoms with Crippen molar-refractivity contribution in [1.82, 2.24) is 9.55 Å². The van der Waals surface area contributed by atoms with Gasteiger partial charge in [0.15, 0.2) is 0 Å². The second-order valence-electron chi connectivity index (χ2n) is 10.6. The highest BCUT2D eigenvalue weighted by Crippen LogP contribution is 2.41. The summed E-state index contributed by atoms with van der Waals surface area (Å²) in [6, 6.07) is 50.8. The fourth-order valence-electron chi connectivity index (χ4n) is 6.77. The van der Waals surface area contributed by atoms with Gasteiger partial charge in [-0.1, -0.05) is 109 Å². The van der Waals surface area contributed by atoms with Gasteiger partial charge in [-0.05, 0) is 57.6 Å². The van der Waals surface area contributed by atoms with Gasteiger partial charge in [0.1, 0.15) is 0 Å². The molecule has 2 heteroatoms. The Kier molecular flexibility index (Phi) is 4.36. The molecule has 0 aliphatic carbocycles. The van der Waals surface area contributed by atoms with Crippen molar-refractivity contribution in [2.24, 2.45) is 0 Å². The molecule has 1 N–H and O–H groups in total. The number of aromatic amines is 1. The molecule has 0 fully saturated rings. The summed E-state index contributed by atoms with van der Waals surface area (Å²) in [7, 11) is 0. The van der Waals surface area contributed by atoms with Crippen LogP contribution >= 0.6 is 0 Å². The maximum atomic E-state index is 3.61. The van der Waals surface area contributed by atoms with E-state index in [0.29, 0.717) is 0 Å². The third kappa shape index (κ3) is 2.93. The standard InChI is InChI=1S/C38H24N2/c1-3-13-28-24(9-1)20-22-35-37(28)32-21-19-25-10-2-4-14-30(25)38(32)40(35)27-12-7-11-26(23-27)29-16-8-18-34-36(29)31-15-5-6-17-33(31)39-34/h1-23,39H. The Bertz CT molecular complexity index is 2440. The minimum Gasteiger partial charge on any atom is -0.354 e. The van der Waals surface area contributed by atoms with Crippen LogP contribution in [0.2, 0.25) is 0 Å². The van der Waals surface area contributed by atoms with Crippen LogP contribution < -0.4 is 0 Å². The van der Waals surface area contributed by atoms with E-state index in [4.69, 9.17) is 0 Å². The minimum atomic E-state index is 1.17. The van der Waals surface area contributed by atoms with Gasteiger partial charge in [-0.15, -0.1) is 0 Å². The number of hydrogen-bond donors (Lipinski definition) is 1. The molecule has 186 valence electrons. The molecular weight excluding hydrogens is 484 g/mol. The highest BCUT2D eigenvalue weighted by atomic mass is 15.0. The van der Waals surface area contributed by atoms with E-state index in [2.05, 4.69) is 149 Å². The zero-order valence-electron chi connectivity index (χ0n) is 21.7. The molecule has 9 aromatic rings. The van der Waals surface area contributed by atoms with Crippen molar-refractivity contribution in [3.63, 3.8) is 0 Å². The molecule has 0 aliphatic rings. The second kappa shape index (κ2) is 8.08. The van der Waals surface area contributed by atoms with Crippen molar-refractivity contribution in [2.75, 3.05) is 0 Å². The van der Waals surface area contributed by atoms with Crippen molar-refractivity contribution >= 4 is 65.2 Å². The Morgan fingerprint density at radius 2 is 1.15 bits per heavy atom. The summed E-state index contributed by atoms with van der Waals surface area (Å²) in [6.45, 7) is 0. The van der Waals surface area contributed by atoms with E-state index >= 15 is 0 Å². The summed E-state index contributed by atoms with van der Waals surface area (Å²) in [5, 5.41) is 10.2. The number of nitrogens with zero attached hydrogens (tertiary/aromatic N) is 1. The number of hydrogen-bond acceptors (Lipinski definition) is 0. The zero-order chi connectivity index (χ0) is 26.2. The van der Waals surface area contributed by atoms with Crippen molar-refractivity contribution in [2.45, 2.75) is 0 Å². The fraction of sp³-hybridized carbons (Fsp3) is 0. The normalized spacial score (nSPS) is 12.0. The lowest BCUT2D eigenvalue weighted by Gasteiger charge is -2.12. The quantitative estimate of drug-likeness (QED) is 0.240. The molecule has 40 heavy (non-hydrogen) atoms. The number of aromatic nitrogens is 2. The Balaban J connectivity index is 1.40. The first-order chi connectivity index (χ1) is 19.8. The maximum absolute atomic E-state index is 3.61. The van der Waals surface area contributed by atoms with E-state index in [0.717, 1.165) is 0 Å². The summed E-state index contributed by atoms with van der Waals surface area (Å²) in [5.74, 6) is 0. The Labute approximate surface area is 230 Å². The lowest BCUT2D eigenvalue weighted by atomic mass is 9.99. The molecule has 7 aromatic carbocycles. The van der Waals surface area contributed by atoms with Crippen LogP contribution in [0, 0.1) is 0 Å². The molecule has 0 saturated carbocycles. The van der Waals surface area contributed by atoms with E-state index in [1.165, 1.54) is 82.0 Å². The number of fused-ring (bicyclic) bond motifs is 10. The number of benzene rings is 7. The Hall–Kier alpha value is -5.34. The summed E-state index contributed by atoms with van der Waals surface area (Å²) in [6.07, 6.45) is 0. The molecule has 0 spiro atoms. The minimum absolute atomic E-state index is 1.17. The first-order valence-electron chi connectivity index (χ1n) is 13.8. The third-order valence-corrected chi connectivity index (χ3v) is 8.49. The van der Waals surface area contributed by atoms with Crippen LogP contribution in [0.4, 0.5) is 0 Å². The second-order valence-corrected chi connectivity index (χ2v) is 10.6. The van der Waals surface area contributed by atoms with E-state index in [1.54, 1.807) is 0 Å². The van der Waals surface area contributed by atoms with Gasteiger partial charge in [0.25, 0.3) is 0 Å². The molecule has 0 bridgehead atoms. The predicted octanol–water partition coefficient (Wildman–Crippen LogP) is 10.4. The van der Waals surface area contributed by atoms with Gasteiger partial charge >= 0.3 is 0 Å². The molecule has 2 nitrogen and oxygen atoms in total. The van der Waals surface area contributed by atoms with Crippen LogP contribution in [-0.4, -0.2) is 9.55 Å². The van der Waals surface area contributed by atoms with Crippen molar-refractivity contribution in [1.29, 1.82) is 0 Å². The highest BCUT2D eigenvalue weighted by Gasteiger charge is 2.18. The Morgan fingerprint density at radius 3 is 2.05 bits per heavy atom. The number of nitrogens with one attached hydrogen (secondary N) is 1. The molecule has 0 atom stereocenters. The van der Waals surface area contributed by atoms with Crippen LogP contribution in [0.15, 0.2) is 140 Å². The van der Waals surface area contributed by atoms with Gasteiger partial charge in [0.05, 0.1) is 11.0 Å². The largest absolute Gasteiger partial charge is 0.354 e. The first-order valence-corrected chi connectivity index (χ1v) is 13.8. The third-order valence-electron chi connectivity index (χ3n) is 8.49. The van der Waals surface area contributed by atoms with Crippen LogP contribution in [-0.2, 0) is 0 Å². The molecule has 2 aromatic heterocycles. The van der Waals surface area contributed by atoms with Gasteiger partial charge in [-0.2, -0.15) is 0 Å². The highest BCUT2D eigenvalue weighted by molar-refractivity contribution is 6.26. The lowest BCUT2D eigenvalue weighted by Crippen LogP contribution is -1.95. The van der Waals surface area contributed by atoms with Crippen molar-refractivity contribution < 1.29 is 0 Å². The molecule has 2 heterocycles. The van der Waals surface area contributed by atoms with Gasteiger partial charge < -0.3 is 9.55 Å². The number of H-pyrrole nitrogens is 1. The molecule has 0 radical (unpaired) electrons. The van der Waals surface area contributed by atoms with Gasteiger partial charge in [-0.3, -0.25) is 0 Å². The molecule has 9 rings (SSSR count). The molecule has 0 amide bonds. The average molecular weight is 509 g/mol. The predicted molar refractivity (Wildman–Crippen MR) is 171 cm³/mol. The van der Waals surface area contributed by atoms with Gasteiger partial charge in [0.2, 0.25) is 0 Å². The van der Waals surface area contributed by atoms with Crippen molar-refractivity contribution in [3.05, 3.63) is 140 Å². The van der Waals surface area contributed by atoms with E-state index in [9.17, 15) is 0 Å².